The Balaban J connectivity index is 0.000000206. The molecule has 60 heavy (non-hydrogen) atoms. The largest absolute Gasteiger partial charge is 0.476 e. The summed E-state index contributed by atoms with van der Waals surface area (Å²) in [4.78, 5) is 32.9. The third kappa shape index (κ3) is 15.8. The van der Waals surface area contributed by atoms with Gasteiger partial charge in [0.15, 0.2) is 11.4 Å². The number of carbonyl (C=O) groups excluding carboxylic acids is 2. The molecule has 6 aromatic rings. The number of aryl methyl sites for hydroxylation is 3. The van der Waals surface area contributed by atoms with Crippen molar-refractivity contribution in [3.8, 4) is 11.4 Å². The van der Waals surface area contributed by atoms with Gasteiger partial charge in [0.25, 0.3) is 0 Å². The SMILES string of the molecule is CCOC(=O)c1ccn(-c2ccccc2C)n1.CCOC(=O)c1ccn[nH]1.CN[C@@H]1CCCC[C@H]1NC.Cc1ccccc1-n1ccc(C(=O)O)n1.Cc1ccccc1I. The summed E-state index contributed by atoms with van der Waals surface area (Å²) in [5.74, 6) is -1.76. The maximum absolute atomic E-state index is 11.5. The minimum absolute atomic E-state index is 0.0539. The quantitative estimate of drug-likeness (QED) is 0.0813. The van der Waals surface area contributed by atoms with Crippen molar-refractivity contribution in [2.75, 3.05) is 27.3 Å². The van der Waals surface area contributed by atoms with Gasteiger partial charge in [-0.3, -0.25) is 5.10 Å². The lowest BCUT2D eigenvalue weighted by Crippen LogP contribution is -2.47. The number of ether oxygens (including phenoxy) is 2. The molecule has 1 saturated carbocycles. The number of carboxylic acid groups (broad SMARTS) is 1. The summed E-state index contributed by atoms with van der Waals surface area (Å²) in [6.07, 6.45) is 10.4. The van der Waals surface area contributed by atoms with Crippen molar-refractivity contribution in [2.45, 2.75) is 72.4 Å². The van der Waals surface area contributed by atoms with E-state index >= 15 is 0 Å². The number of nitrogens with one attached hydrogen (secondary N) is 3. The zero-order valence-electron chi connectivity index (χ0n) is 35.4. The summed E-state index contributed by atoms with van der Waals surface area (Å²) in [6.45, 7) is 10.3. The van der Waals surface area contributed by atoms with E-state index in [1.807, 2.05) is 62.4 Å². The Morgan fingerprint density at radius 1 is 0.700 bits per heavy atom. The first-order valence-electron chi connectivity index (χ1n) is 19.8. The summed E-state index contributed by atoms with van der Waals surface area (Å²) in [5.41, 5.74) is 6.14. The molecule has 0 bridgehead atoms. The third-order valence-corrected chi connectivity index (χ3v) is 10.4. The van der Waals surface area contributed by atoms with Gasteiger partial charge in [-0.25, -0.2) is 23.7 Å². The van der Waals surface area contributed by atoms with Crippen molar-refractivity contribution in [1.82, 2.24) is 40.4 Å². The maximum atomic E-state index is 11.5. The molecule has 7 rings (SSSR count). The first-order chi connectivity index (χ1) is 28.9. The van der Waals surface area contributed by atoms with Crippen LogP contribution in [0.15, 0.2) is 110 Å². The van der Waals surface area contributed by atoms with Crippen LogP contribution < -0.4 is 10.6 Å². The smallest absolute Gasteiger partial charge is 0.358 e. The number of carboxylic acids is 1. The van der Waals surface area contributed by atoms with Crippen LogP contribution in [-0.2, 0) is 9.47 Å². The van der Waals surface area contributed by atoms with Gasteiger partial charge >= 0.3 is 17.9 Å². The zero-order valence-corrected chi connectivity index (χ0v) is 37.5. The summed E-state index contributed by atoms with van der Waals surface area (Å²) in [5, 5.41) is 29.7. The fourth-order valence-corrected chi connectivity index (χ4v) is 6.32. The average Bonchev–Trinajstić information content (AvgIpc) is 4.07. The van der Waals surface area contributed by atoms with Gasteiger partial charge in [0, 0.05) is 34.2 Å². The van der Waals surface area contributed by atoms with Crippen molar-refractivity contribution >= 4 is 40.5 Å². The topological polar surface area (TPSA) is 178 Å². The average molecular weight is 933 g/mol. The Labute approximate surface area is 366 Å². The third-order valence-electron chi connectivity index (χ3n) is 9.19. The molecule has 1 aliphatic rings. The predicted octanol–water partition coefficient (Wildman–Crippen LogP) is 8.16. The molecular weight excluding hydrogens is 875 g/mol. The van der Waals surface area contributed by atoms with E-state index in [4.69, 9.17) is 9.84 Å². The Morgan fingerprint density at radius 3 is 1.57 bits per heavy atom. The van der Waals surface area contributed by atoms with Crippen LogP contribution in [0.1, 0.15) is 87.7 Å². The first-order valence-corrected chi connectivity index (χ1v) is 20.9. The molecule has 15 heteroatoms. The van der Waals surface area contributed by atoms with Crippen LogP contribution >= 0.6 is 22.6 Å². The lowest BCUT2D eigenvalue weighted by Gasteiger charge is -2.30. The fraction of sp³-hybridized carbons (Fsp3) is 0.333. The van der Waals surface area contributed by atoms with Gasteiger partial charge in [0.05, 0.1) is 24.6 Å². The van der Waals surface area contributed by atoms with Crippen LogP contribution in [0.3, 0.4) is 0 Å². The highest BCUT2D eigenvalue weighted by Crippen LogP contribution is 2.18. The number of hydrogen-bond acceptors (Lipinski definition) is 10. The van der Waals surface area contributed by atoms with Gasteiger partial charge in [0.2, 0.25) is 0 Å². The van der Waals surface area contributed by atoms with E-state index in [1.165, 1.54) is 47.1 Å². The number of halogens is 1. The highest BCUT2D eigenvalue weighted by Gasteiger charge is 2.21. The van der Waals surface area contributed by atoms with Crippen molar-refractivity contribution in [2.24, 2.45) is 0 Å². The Hall–Kier alpha value is -5.65. The summed E-state index contributed by atoms with van der Waals surface area (Å²) >= 11 is 2.32. The van der Waals surface area contributed by atoms with Gasteiger partial charge in [-0.1, -0.05) is 67.4 Å². The van der Waals surface area contributed by atoms with Gasteiger partial charge in [-0.05, 0) is 137 Å². The second-order valence-electron chi connectivity index (χ2n) is 13.4. The number of aromatic carboxylic acids is 1. The molecule has 0 amide bonds. The van der Waals surface area contributed by atoms with E-state index in [0.29, 0.717) is 36.7 Å². The zero-order chi connectivity index (χ0) is 43.9. The Kier molecular flexibility index (Phi) is 21.5. The number of nitrogens with zero attached hydrogens (tertiary/aromatic N) is 5. The lowest BCUT2D eigenvalue weighted by atomic mass is 9.91. The number of likely N-dealkylation sites (N-methyl/N-ethyl adjacent to an activating group) is 2. The summed E-state index contributed by atoms with van der Waals surface area (Å²) in [7, 11) is 4.11. The van der Waals surface area contributed by atoms with Gasteiger partial charge in [-0.15, -0.1) is 0 Å². The van der Waals surface area contributed by atoms with E-state index in [0.717, 1.165) is 22.5 Å². The molecule has 0 radical (unpaired) electrons. The molecule has 3 aromatic heterocycles. The van der Waals surface area contributed by atoms with E-state index in [-0.39, 0.29) is 17.6 Å². The minimum atomic E-state index is -1.01. The molecular formula is C45H57IN8O6. The molecule has 0 saturated heterocycles. The molecule has 1 fully saturated rings. The van der Waals surface area contributed by atoms with Gasteiger partial charge < -0.3 is 25.2 Å². The Bertz CT molecular complexity index is 2150. The number of benzene rings is 3. The normalized spacial score (nSPS) is 13.9. The van der Waals surface area contributed by atoms with Gasteiger partial charge in [0.1, 0.15) is 5.69 Å². The molecule has 14 nitrogen and oxygen atoms in total. The highest BCUT2D eigenvalue weighted by molar-refractivity contribution is 14.1. The molecule has 0 aliphatic heterocycles. The number of carbonyl (C=O) groups is 3. The number of H-pyrrole nitrogens is 1. The maximum Gasteiger partial charge on any atom is 0.358 e. The number of hydrogen-bond donors (Lipinski definition) is 4. The van der Waals surface area contributed by atoms with Crippen LogP contribution in [0.2, 0.25) is 0 Å². The molecule has 0 unspecified atom stereocenters. The molecule has 1 aliphatic carbocycles. The number of rotatable bonds is 9. The van der Waals surface area contributed by atoms with Crippen LogP contribution in [0.25, 0.3) is 11.4 Å². The second-order valence-corrected chi connectivity index (χ2v) is 14.6. The van der Waals surface area contributed by atoms with Crippen LogP contribution in [0.4, 0.5) is 0 Å². The molecule has 4 N–H and O–H groups in total. The minimum Gasteiger partial charge on any atom is -0.476 e. The van der Waals surface area contributed by atoms with E-state index in [9.17, 15) is 14.4 Å². The highest BCUT2D eigenvalue weighted by atomic mass is 127. The summed E-state index contributed by atoms with van der Waals surface area (Å²) < 4.78 is 14.2. The number of esters is 2. The van der Waals surface area contributed by atoms with Crippen molar-refractivity contribution in [3.05, 3.63) is 147 Å². The number of aromatic nitrogens is 6. The van der Waals surface area contributed by atoms with E-state index in [1.54, 1.807) is 47.7 Å². The van der Waals surface area contributed by atoms with Crippen molar-refractivity contribution in [3.63, 3.8) is 0 Å². The molecule has 2 atom stereocenters. The molecule has 3 aromatic carbocycles. The number of aromatic amines is 1. The van der Waals surface area contributed by atoms with E-state index in [2.05, 4.69) is 104 Å². The molecule has 320 valence electrons. The van der Waals surface area contributed by atoms with Crippen LogP contribution in [-0.4, -0.2) is 92.2 Å². The molecule has 0 spiro atoms. The number of para-hydroxylation sites is 2. The summed E-state index contributed by atoms with van der Waals surface area (Å²) in [6, 6.07) is 30.0. The van der Waals surface area contributed by atoms with Crippen molar-refractivity contribution < 1.29 is 29.0 Å². The standard InChI is InChI=1S/C13H14N2O2.C11H10N2O2.C8H18N2.C7H7I.C6H8N2O2/c1-3-17-13(16)11-8-9-15(14-11)12-7-5-4-6-10(12)2;1-8-4-2-3-5-10(8)13-7-6-9(12-13)11(14)15;1-9-7-5-3-4-6-8(7)10-2;1-6-4-2-3-5-7(6)8;1-2-10-6(9)5-3-4-7-8-5/h4-9H,3H2,1-2H3;2-7H,1H3,(H,14,15);7-10H,3-6H2,1-2H3;2-5H,1H3;3-4H,2H2,1H3,(H,7,8)/t;;7-,8-;;/m..1../s1. The fourth-order valence-electron chi connectivity index (χ4n) is 5.94. The first kappa shape index (κ1) is 48.7. The van der Waals surface area contributed by atoms with E-state index < -0.39 is 5.97 Å². The predicted molar refractivity (Wildman–Crippen MR) is 242 cm³/mol. The second kappa shape index (κ2) is 26.4. The monoisotopic (exact) mass is 932 g/mol. The van der Waals surface area contributed by atoms with Crippen LogP contribution in [0.5, 0.6) is 0 Å². The Morgan fingerprint density at radius 2 is 1.17 bits per heavy atom. The van der Waals surface area contributed by atoms with Crippen molar-refractivity contribution in [1.29, 1.82) is 0 Å². The molecule has 3 heterocycles. The lowest BCUT2D eigenvalue weighted by molar-refractivity contribution is 0.0509. The van der Waals surface area contributed by atoms with Gasteiger partial charge in [-0.2, -0.15) is 15.3 Å². The van der Waals surface area contributed by atoms with Crippen LogP contribution in [0, 0.1) is 24.3 Å².